The number of carboxylic acid groups (broad SMARTS) is 1. The number of anilines is 1. The standard InChI is InChI=1S/C8H7N3O2S2/c1-3-10-4(2-14-3)6-5(7(12)13)11-8(9)15-6/h2H,1H3,(H2,9,11)(H,12,13). The molecule has 15 heavy (non-hydrogen) atoms. The highest BCUT2D eigenvalue weighted by atomic mass is 32.1. The summed E-state index contributed by atoms with van der Waals surface area (Å²) in [5.41, 5.74) is 6.08. The van der Waals surface area contributed by atoms with Crippen LogP contribution in [0.4, 0.5) is 5.13 Å². The zero-order valence-electron chi connectivity index (χ0n) is 7.72. The molecule has 0 radical (unpaired) electrons. The van der Waals surface area contributed by atoms with Gasteiger partial charge in [0.25, 0.3) is 0 Å². The summed E-state index contributed by atoms with van der Waals surface area (Å²) in [5, 5.41) is 11.8. The van der Waals surface area contributed by atoms with Crippen molar-refractivity contribution in [2.75, 3.05) is 5.73 Å². The van der Waals surface area contributed by atoms with Crippen LogP contribution in [0.2, 0.25) is 0 Å². The number of carbonyl (C=O) groups is 1. The second kappa shape index (κ2) is 3.59. The molecule has 3 N–H and O–H groups in total. The molecule has 0 spiro atoms. The lowest BCUT2D eigenvalue weighted by atomic mass is 10.3. The SMILES string of the molecule is Cc1nc(-c2sc(N)nc2C(=O)O)cs1. The molecule has 0 bridgehead atoms. The molecule has 7 heteroatoms. The first-order chi connectivity index (χ1) is 7.08. The number of carboxylic acids is 1. The van der Waals surface area contributed by atoms with E-state index in [-0.39, 0.29) is 10.8 Å². The second-order valence-corrected chi connectivity index (χ2v) is 4.88. The highest BCUT2D eigenvalue weighted by molar-refractivity contribution is 7.19. The van der Waals surface area contributed by atoms with E-state index in [9.17, 15) is 4.79 Å². The van der Waals surface area contributed by atoms with Crippen molar-refractivity contribution >= 4 is 33.8 Å². The van der Waals surface area contributed by atoms with Gasteiger partial charge in [0.15, 0.2) is 10.8 Å². The van der Waals surface area contributed by atoms with E-state index in [0.717, 1.165) is 16.3 Å². The molecule has 0 saturated carbocycles. The van der Waals surface area contributed by atoms with Gasteiger partial charge in [-0.25, -0.2) is 14.8 Å². The van der Waals surface area contributed by atoms with Crippen LogP contribution >= 0.6 is 22.7 Å². The maximum atomic E-state index is 10.9. The first kappa shape index (κ1) is 10.1. The summed E-state index contributed by atoms with van der Waals surface area (Å²) in [4.78, 5) is 19.4. The van der Waals surface area contributed by atoms with Crippen molar-refractivity contribution in [2.45, 2.75) is 6.92 Å². The van der Waals surface area contributed by atoms with Crippen LogP contribution in [0.25, 0.3) is 10.6 Å². The van der Waals surface area contributed by atoms with Gasteiger partial charge < -0.3 is 10.8 Å². The average Bonchev–Trinajstić information content (AvgIpc) is 2.71. The van der Waals surface area contributed by atoms with Gasteiger partial charge in [0, 0.05) is 5.38 Å². The molecule has 0 aliphatic rings. The Morgan fingerprint density at radius 3 is 2.80 bits per heavy atom. The Morgan fingerprint density at radius 2 is 2.27 bits per heavy atom. The molecule has 0 amide bonds. The number of thiazole rings is 2. The molecular weight excluding hydrogens is 234 g/mol. The number of nitrogen functional groups attached to an aromatic ring is 1. The lowest BCUT2D eigenvalue weighted by Gasteiger charge is -1.91. The molecule has 0 aliphatic carbocycles. The minimum atomic E-state index is -1.08. The molecule has 0 aliphatic heterocycles. The second-order valence-electron chi connectivity index (χ2n) is 2.79. The van der Waals surface area contributed by atoms with Gasteiger partial charge in [-0.1, -0.05) is 11.3 Å². The minimum Gasteiger partial charge on any atom is -0.476 e. The molecule has 2 rings (SSSR count). The molecular formula is C8H7N3O2S2. The van der Waals surface area contributed by atoms with Crippen molar-refractivity contribution in [3.63, 3.8) is 0 Å². The predicted molar refractivity (Wildman–Crippen MR) is 59.3 cm³/mol. The van der Waals surface area contributed by atoms with Crippen molar-refractivity contribution in [3.05, 3.63) is 16.1 Å². The summed E-state index contributed by atoms with van der Waals surface area (Å²) in [6.07, 6.45) is 0. The lowest BCUT2D eigenvalue weighted by Crippen LogP contribution is -1.99. The Kier molecular flexibility index (Phi) is 2.41. The summed E-state index contributed by atoms with van der Waals surface area (Å²) in [6.45, 7) is 1.86. The largest absolute Gasteiger partial charge is 0.476 e. The zero-order chi connectivity index (χ0) is 11.0. The Balaban J connectivity index is 2.56. The predicted octanol–water partition coefficient (Wildman–Crippen LogP) is 1.86. The van der Waals surface area contributed by atoms with E-state index in [0.29, 0.717) is 10.6 Å². The Bertz CT molecular complexity index is 518. The van der Waals surface area contributed by atoms with E-state index in [1.54, 1.807) is 5.38 Å². The first-order valence-corrected chi connectivity index (χ1v) is 5.69. The van der Waals surface area contributed by atoms with Gasteiger partial charge in [0.05, 0.1) is 15.6 Å². The van der Waals surface area contributed by atoms with Crippen LogP contribution in [0.3, 0.4) is 0 Å². The Labute approximate surface area is 93.2 Å². The number of hydrogen-bond donors (Lipinski definition) is 2. The van der Waals surface area contributed by atoms with Gasteiger partial charge >= 0.3 is 5.97 Å². The molecule has 2 aromatic heterocycles. The molecule has 0 saturated heterocycles. The van der Waals surface area contributed by atoms with Gasteiger partial charge in [-0.3, -0.25) is 0 Å². The van der Waals surface area contributed by atoms with Crippen LogP contribution in [-0.4, -0.2) is 21.0 Å². The third-order valence-electron chi connectivity index (χ3n) is 1.70. The monoisotopic (exact) mass is 241 g/mol. The van der Waals surface area contributed by atoms with E-state index >= 15 is 0 Å². The Hall–Kier alpha value is -1.47. The van der Waals surface area contributed by atoms with Gasteiger partial charge in [-0.2, -0.15) is 0 Å². The number of rotatable bonds is 2. The molecule has 2 heterocycles. The maximum absolute atomic E-state index is 10.9. The van der Waals surface area contributed by atoms with Crippen LogP contribution in [0.1, 0.15) is 15.5 Å². The highest BCUT2D eigenvalue weighted by Crippen LogP contribution is 2.32. The average molecular weight is 241 g/mol. The van der Waals surface area contributed by atoms with Crippen molar-refractivity contribution in [1.82, 2.24) is 9.97 Å². The van der Waals surface area contributed by atoms with Crippen molar-refractivity contribution in [2.24, 2.45) is 0 Å². The summed E-state index contributed by atoms with van der Waals surface area (Å²) < 4.78 is 0. The summed E-state index contributed by atoms with van der Waals surface area (Å²) in [6, 6.07) is 0. The quantitative estimate of drug-likeness (QED) is 0.837. The number of aromatic nitrogens is 2. The van der Waals surface area contributed by atoms with Gasteiger partial charge in [0.1, 0.15) is 0 Å². The fourth-order valence-corrected chi connectivity index (χ4v) is 2.59. The number of aryl methyl sites for hydroxylation is 1. The normalized spacial score (nSPS) is 10.5. The van der Waals surface area contributed by atoms with Crippen LogP contribution in [-0.2, 0) is 0 Å². The number of nitrogens with two attached hydrogens (primary N) is 1. The number of nitrogens with zero attached hydrogens (tertiary/aromatic N) is 2. The van der Waals surface area contributed by atoms with Crippen LogP contribution < -0.4 is 5.73 Å². The van der Waals surface area contributed by atoms with Crippen LogP contribution in [0.5, 0.6) is 0 Å². The van der Waals surface area contributed by atoms with Crippen molar-refractivity contribution < 1.29 is 9.90 Å². The van der Waals surface area contributed by atoms with Gasteiger partial charge in [0.2, 0.25) is 0 Å². The fraction of sp³-hybridized carbons (Fsp3) is 0.125. The maximum Gasteiger partial charge on any atom is 0.356 e. The summed E-state index contributed by atoms with van der Waals surface area (Å²) in [5.74, 6) is -1.08. The third kappa shape index (κ3) is 1.83. The number of hydrogen-bond acceptors (Lipinski definition) is 6. The highest BCUT2D eigenvalue weighted by Gasteiger charge is 2.19. The minimum absolute atomic E-state index is 0.0252. The smallest absolute Gasteiger partial charge is 0.356 e. The molecule has 2 aromatic rings. The fourth-order valence-electron chi connectivity index (χ4n) is 1.12. The van der Waals surface area contributed by atoms with Crippen molar-refractivity contribution in [3.8, 4) is 10.6 Å². The van der Waals surface area contributed by atoms with E-state index in [1.165, 1.54) is 11.3 Å². The topological polar surface area (TPSA) is 89.1 Å². The van der Waals surface area contributed by atoms with E-state index < -0.39 is 5.97 Å². The van der Waals surface area contributed by atoms with Crippen LogP contribution in [0.15, 0.2) is 5.38 Å². The van der Waals surface area contributed by atoms with Gasteiger partial charge in [-0.05, 0) is 6.92 Å². The lowest BCUT2D eigenvalue weighted by molar-refractivity contribution is 0.0692. The van der Waals surface area contributed by atoms with Crippen LogP contribution in [0, 0.1) is 6.92 Å². The third-order valence-corrected chi connectivity index (χ3v) is 3.38. The zero-order valence-corrected chi connectivity index (χ0v) is 9.35. The van der Waals surface area contributed by atoms with Gasteiger partial charge in [-0.15, -0.1) is 11.3 Å². The summed E-state index contributed by atoms with van der Waals surface area (Å²) in [7, 11) is 0. The summed E-state index contributed by atoms with van der Waals surface area (Å²) >= 11 is 2.60. The van der Waals surface area contributed by atoms with E-state index in [1.807, 2.05) is 6.92 Å². The molecule has 0 aromatic carbocycles. The molecule has 5 nitrogen and oxygen atoms in total. The molecule has 0 fully saturated rings. The van der Waals surface area contributed by atoms with E-state index in [2.05, 4.69) is 9.97 Å². The molecule has 78 valence electrons. The number of aromatic carboxylic acids is 1. The first-order valence-electron chi connectivity index (χ1n) is 4.00. The molecule has 0 unspecified atom stereocenters. The Morgan fingerprint density at radius 1 is 1.53 bits per heavy atom. The van der Waals surface area contributed by atoms with Crippen molar-refractivity contribution in [1.29, 1.82) is 0 Å². The molecule has 0 atom stereocenters. The van der Waals surface area contributed by atoms with E-state index in [4.69, 9.17) is 10.8 Å².